The van der Waals surface area contributed by atoms with Crippen molar-refractivity contribution >= 4 is 5.78 Å². The van der Waals surface area contributed by atoms with Crippen molar-refractivity contribution in [1.82, 2.24) is 0 Å². The van der Waals surface area contributed by atoms with Gasteiger partial charge in [-0.15, -0.1) is 0 Å². The average Bonchev–Trinajstić information content (AvgIpc) is 3.45. The monoisotopic (exact) mass is 650 g/mol. The van der Waals surface area contributed by atoms with E-state index in [0.29, 0.717) is 38.5 Å². The highest BCUT2D eigenvalue weighted by atomic mass is 16.7. The van der Waals surface area contributed by atoms with Crippen LogP contribution >= 0.6 is 0 Å². The number of hydrogen-bond acceptors (Lipinski definition) is 10. The van der Waals surface area contributed by atoms with Crippen LogP contribution in [0.25, 0.3) is 0 Å². The highest BCUT2D eigenvalue weighted by molar-refractivity contribution is 5.88. The van der Waals surface area contributed by atoms with Crippen LogP contribution < -0.4 is 0 Å². The van der Waals surface area contributed by atoms with Crippen LogP contribution in [0.1, 0.15) is 100 Å². The molecule has 5 fully saturated rings. The fourth-order valence-corrected chi connectivity index (χ4v) is 11.7. The van der Waals surface area contributed by atoms with Gasteiger partial charge in [-0.3, -0.25) is 4.79 Å². The maximum atomic E-state index is 14.7. The zero-order valence-corrected chi connectivity index (χ0v) is 28.9. The predicted molar refractivity (Wildman–Crippen MR) is 168 cm³/mol. The third kappa shape index (κ3) is 4.72. The number of aliphatic hydroxyl groups excluding tert-OH is 5. The van der Waals surface area contributed by atoms with Gasteiger partial charge in [0.25, 0.3) is 0 Å². The van der Waals surface area contributed by atoms with Crippen molar-refractivity contribution < 1.29 is 49.6 Å². The van der Waals surface area contributed by atoms with Crippen LogP contribution in [0.2, 0.25) is 0 Å². The van der Waals surface area contributed by atoms with E-state index in [1.54, 1.807) is 13.8 Å². The lowest BCUT2D eigenvalue weighted by atomic mass is 9.38. The molecule has 0 aromatic heterocycles. The van der Waals surface area contributed by atoms with Crippen molar-refractivity contribution in [2.75, 3.05) is 6.61 Å². The number of ether oxygens (including phenoxy) is 3. The zero-order valence-electron chi connectivity index (χ0n) is 28.9. The van der Waals surface area contributed by atoms with Crippen molar-refractivity contribution in [2.24, 2.45) is 39.4 Å². The standard InChI is InChI=1S/C36H58O10/c1-31(2)18-9-11-22-33(5)15-20(38)29(35(7)14-13-25(46-35)32(3,4)43)34(33,6)16-23(39)36(22,8)19(18)10-12-24(31)45-30-28(42)27(41)26(40)21(17-37)44-30/h9,19-22,24-30,37-38,40-43H,10-17H2,1-8H3/t19-,20+,21-,22+,24+,25+,26-,27+,28-,29+,30+,33+,34-,35+,36+/m1/s1. The van der Waals surface area contributed by atoms with Gasteiger partial charge >= 0.3 is 0 Å². The number of hydrogen-bond donors (Lipinski definition) is 6. The molecule has 0 aromatic carbocycles. The summed E-state index contributed by atoms with van der Waals surface area (Å²) >= 11 is 0. The Hall–Kier alpha value is -0.950. The van der Waals surface area contributed by atoms with Crippen LogP contribution in [0.15, 0.2) is 11.6 Å². The average molecular weight is 651 g/mol. The fraction of sp³-hybridized carbons (Fsp3) is 0.917. The molecule has 3 saturated carbocycles. The molecule has 6 rings (SSSR count). The lowest BCUT2D eigenvalue weighted by Crippen LogP contribution is -2.64. The van der Waals surface area contributed by atoms with E-state index in [-0.39, 0.29) is 35.1 Å². The number of carbonyl (C=O) groups is 1. The summed E-state index contributed by atoms with van der Waals surface area (Å²) in [5.41, 5.74) is -2.45. The first-order valence-electron chi connectivity index (χ1n) is 17.4. The number of carbonyl (C=O) groups excluding carboxylic acids is 1. The molecule has 0 radical (unpaired) electrons. The van der Waals surface area contributed by atoms with E-state index >= 15 is 0 Å². The minimum absolute atomic E-state index is 0.0149. The molecule has 0 amide bonds. The largest absolute Gasteiger partial charge is 0.394 e. The molecular formula is C36H58O10. The Labute approximate surface area is 273 Å². The van der Waals surface area contributed by atoms with Gasteiger partial charge in [0.15, 0.2) is 6.29 Å². The smallest absolute Gasteiger partial charge is 0.187 e. The minimum atomic E-state index is -1.51. The van der Waals surface area contributed by atoms with Gasteiger partial charge in [-0.05, 0) is 82.0 Å². The summed E-state index contributed by atoms with van der Waals surface area (Å²) in [6.07, 6.45) is -1.37. The summed E-state index contributed by atoms with van der Waals surface area (Å²) in [5.74, 6) is -0.000412. The normalized spacial score (nSPS) is 53.7. The van der Waals surface area contributed by atoms with E-state index in [0.717, 1.165) is 12.0 Å². The fourth-order valence-electron chi connectivity index (χ4n) is 11.7. The van der Waals surface area contributed by atoms with Gasteiger partial charge < -0.3 is 44.8 Å². The van der Waals surface area contributed by atoms with Crippen LogP contribution in [0.4, 0.5) is 0 Å². The van der Waals surface area contributed by atoms with Crippen molar-refractivity contribution in [3.05, 3.63) is 11.6 Å². The molecule has 15 atom stereocenters. The van der Waals surface area contributed by atoms with Crippen LogP contribution in [-0.4, -0.2) is 103 Å². The topological polar surface area (TPSA) is 166 Å². The Balaban J connectivity index is 1.29. The van der Waals surface area contributed by atoms with Gasteiger partial charge in [0.05, 0.1) is 36.1 Å². The molecule has 46 heavy (non-hydrogen) atoms. The van der Waals surface area contributed by atoms with Gasteiger partial charge in [0, 0.05) is 23.2 Å². The molecule has 6 N–H and O–H groups in total. The molecule has 0 spiro atoms. The van der Waals surface area contributed by atoms with E-state index in [4.69, 9.17) is 14.2 Å². The molecule has 6 aliphatic rings. The molecule has 0 unspecified atom stereocenters. The van der Waals surface area contributed by atoms with Crippen LogP contribution in [0.5, 0.6) is 0 Å². The second-order valence-electron chi connectivity index (χ2n) is 17.7. The lowest BCUT2D eigenvalue weighted by Gasteiger charge is -2.65. The number of allylic oxidation sites excluding steroid dienone is 1. The molecule has 2 aliphatic heterocycles. The van der Waals surface area contributed by atoms with E-state index < -0.39 is 77.0 Å². The second kappa shape index (κ2) is 11.0. The maximum absolute atomic E-state index is 14.7. The highest BCUT2D eigenvalue weighted by Gasteiger charge is 2.74. The van der Waals surface area contributed by atoms with Crippen LogP contribution in [0.3, 0.4) is 0 Å². The molecule has 2 heterocycles. The first kappa shape index (κ1) is 34.9. The molecule has 10 nitrogen and oxygen atoms in total. The van der Waals surface area contributed by atoms with Crippen LogP contribution in [-0.2, 0) is 19.0 Å². The summed E-state index contributed by atoms with van der Waals surface area (Å²) in [4.78, 5) is 14.7. The summed E-state index contributed by atoms with van der Waals surface area (Å²) in [5, 5.41) is 63.5. The lowest BCUT2D eigenvalue weighted by molar-refractivity contribution is -0.319. The predicted octanol–water partition coefficient (Wildman–Crippen LogP) is 2.64. The molecule has 262 valence electrons. The Morgan fingerprint density at radius 3 is 2.24 bits per heavy atom. The molecule has 10 heteroatoms. The summed E-state index contributed by atoms with van der Waals surface area (Å²) in [7, 11) is 0. The Bertz CT molecular complexity index is 1240. The second-order valence-corrected chi connectivity index (χ2v) is 17.7. The van der Waals surface area contributed by atoms with Gasteiger partial charge in [0.2, 0.25) is 0 Å². The third-order valence-corrected chi connectivity index (χ3v) is 14.5. The van der Waals surface area contributed by atoms with Gasteiger partial charge in [0.1, 0.15) is 30.2 Å². The Morgan fingerprint density at radius 1 is 0.957 bits per heavy atom. The molecule has 4 aliphatic carbocycles. The number of Topliss-reactive ketones (excluding diaryl/α,β-unsaturated/α-hetero) is 1. The van der Waals surface area contributed by atoms with E-state index in [2.05, 4.69) is 47.6 Å². The van der Waals surface area contributed by atoms with Crippen molar-refractivity contribution in [1.29, 1.82) is 0 Å². The van der Waals surface area contributed by atoms with E-state index in [1.807, 2.05) is 0 Å². The summed E-state index contributed by atoms with van der Waals surface area (Å²) < 4.78 is 18.7. The molecule has 2 saturated heterocycles. The Kier molecular flexibility index (Phi) is 8.36. The third-order valence-electron chi connectivity index (χ3n) is 14.5. The maximum Gasteiger partial charge on any atom is 0.187 e. The molecule has 0 aromatic rings. The van der Waals surface area contributed by atoms with Crippen molar-refractivity contribution in [2.45, 2.75) is 161 Å². The van der Waals surface area contributed by atoms with Crippen LogP contribution in [0, 0.1) is 39.4 Å². The summed E-state index contributed by atoms with van der Waals surface area (Å²) in [6, 6.07) is 0. The van der Waals surface area contributed by atoms with Crippen molar-refractivity contribution in [3.8, 4) is 0 Å². The van der Waals surface area contributed by atoms with Gasteiger partial charge in [-0.1, -0.05) is 46.3 Å². The zero-order chi connectivity index (χ0) is 34.0. The summed E-state index contributed by atoms with van der Waals surface area (Å²) in [6.45, 7) is 15.9. The first-order chi connectivity index (χ1) is 21.2. The number of fused-ring (bicyclic) bond motifs is 5. The number of rotatable bonds is 5. The highest BCUT2D eigenvalue weighted by Crippen LogP contribution is 2.75. The SMILES string of the molecule is CC(C)(O)[C@@H]1CC[C@@](C)([C@H]2[C@@H](O)C[C@@]3(C)[C@@H]4CC=C5[C@@H](CC[C@H](O[C@@H]6O[C@H](CO)[C@@H](O)[C@H](O)[C@H]6O)C5(C)C)[C@]4(C)C(=O)C[C@]23C)O1. The quantitative estimate of drug-likeness (QED) is 0.244. The number of aliphatic hydroxyl groups is 6. The molecular weight excluding hydrogens is 592 g/mol. The van der Waals surface area contributed by atoms with E-state index in [1.165, 1.54) is 0 Å². The Morgan fingerprint density at radius 2 is 1.63 bits per heavy atom. The van der Waals surface area contributed by atoms with Crippen molar-refractivity contribution in [3.63, 3.8) is 0 Å². The van der Waals surface area contributed by atoms with Gasteiger partial charge in [-0.2, -0.15) is 0 Å². The molecule has 0 bridgehead atoms. The minimum Gasteiger partial charge on any atom is -0.394 e. The first-order valence-corrected chi connectivity index (χ1v) is 17.4. The van der Waals surface area contributed by atoms with Gasteiger partial charge in [-0.25, -0.2) is 0 Å². The number of ketones is 1. The van der Waals surface area contributed by atoms with E-state index in [9.17, 15) is 35.4 Å².